The Bertz CT molecular complexity index is 599. The molecule has 19 heavy (non-hydrogen) atoms. The van der Waals surface area contributed by atoms with Gasteiger partial charge in [-0.3, -0.25) is 4.79 Å². The minimum absolute atomic E-state index is 0.146. The van der Waals surface area contributed by atoms with E-state index >= 15 is 0 Å². The van der Waals surface area contributed by atoms with E-state index < -0.39 is 0 Å². The largest absolute Gasteiger partial charge is 0.367 e. The number of aromatic amines is 1. The Morgan fingerprint density at radius 1 is 1.21 bits per heavy atom. The van der Waals surface area contributed by atoms with E-state index in [0.717, 1.165) is 22.6 Å². The van der Waals surface area contributed by atoms with Crippen LogP contribution >= 0.6 is 0 Å². The van der Waals surface area contributed by atoms with Crippen molar-refractivity contribution in [1.29, 1.82) is 0 Å². The number of aromatic nitrogens is 1. The summed E-state index contributed by atoms with van der Waals surface area (Å²) in [6.07, 6.45) is 0. The molecular formula is C16H20N2O. The normalized spacial score (nSPS) is 10.5. The Kier molecular flexibility index (Phi) is 3.74. The Hall–Kier alpha value is -2.03. The van der Waals surface area contributed by atoms with E-state index in [4.69, 9.17) is 0 Å². The highest BCUT2D eigenvalue weighted by molar-refractivity contribution is 6.00. The molecule has 3 heteroatoms. The van der Waals surface area contributed by atoms with Crippen LogP contribution in [0.3, 0.4) is 0 Å². The molecule has 0 aliphatic heterocycles. The number of anilines is 1. The molecule has 2 rings (SSSR count). The van der Waals surface area contributed by atoms with E-state index in [-0.39, 0.29) is 5.78 Å². The zero-order chi connectivity index (χ0) is 14.0. The number of Topliss-reactive ketones (excluding diaryl/α,β-unsaturated/α-hetero) is 1. The van der Waals surface area contributed by atoms with Crippen molar-refractivity contribution in [2.75, 3.05) is 18.5 Å². The number of nitrogens with zero attached hydrogens (tertiary/aromatic N) is 1. The van der Waals surface area contributed by atoms with Crippen LogP contribution in [0.5, 0.6) is 0 Å². The molecule has 0 spiro atoms. The number of carbonyl (C=O) groups excluding carboxylic acids is 1. The van der Waals surface area contributed by atoms with E-state index in [9.17, 15) is 4.79 Å². The van der Waals surface area contributed by atoms with Crippen LogP contribution < -0.4 is 4.90 Å². The summed E-state index contributed by atoms with van der Waals surface area (Å²) in [4.78, 5) is 17.5. The first-order valence-corrected chi connectivity index (χ1v) is 6.45. The minimum atomic E-state index is 0.146. The SMILES string of the molecule is Cc1cc(C(=O)CN(C)c2ccccc2C)c(C)[nH]1. The lowest BCUT2D eigenvalue weighted by Gasteiger charge is -2.20. The smallest absolute Gasteiger partial charge is 0.183 e. The number of aryl methyl sites for hydroxylation is 3. The van der Waals surface area contributed by atoms with Gasteiger partial charge in [-0.05, 0) is 38.5 Å². The zero-order valence-corrected chi connectivity index (χ0v) is 11.9. The van der Waals surface area contributed by atoms with Crippen LogP contribution in [0.4, 0.5) is 5.69 Å². The Labute approximate surface area is 114 Å². The zero-order valence-electron chi connectivity index (χ0n) is 11.9. The predicted molar refractivity (Wildman–Crippen MR) is 79.0 cm³/mol. The maximum Gasteiger partial charge on any atom is 0.183 e. The molecule has 0 fully saturated rings. The van der Waals surface area contributed by atoms with Crippen LogP contribution in [0, 0.1) is 20.8 Å². The fourth-order valence-electron chi connectivity index (χ4n) is 2.39. The van der Waals surface area contributed by atoms with Crippen molar-refractivity contribution < 1.29 is 4.79 Å². The van der Waals surface area contributed by atoms with E-state index in [2.05, 4.69) is 18.0 Å². The van der Waals surface area contributed by atoms with Gasteiger partial charge in [-0.1, -0.05) is 18.2 Å². The third-order valence-corrected chi connectivity index (χ3v) is 3.36. The highest BCUT2D eigenvalue weighted by Gasteiger charge is 2.14. The lowest BCUT2D eigenvalue weighted by molar-refractivity contribution is 0.1000. The van der Waals surface area contributed by atoms with Gasteiger partial charge in [0.15, 0.2) is 5.78 Å². The molecule has 0 aliphatic carbocycles. The summed E-state index contributed by atoms with van der Waals surface area (Å²) in [6.45, 7) is 6.35. The van der Waals surface area contributed by atoms with Gasteiger partial charge in [0.25, 0.3) is 0 Å². The summed E-state index contributed by atoms with van der Waals surface area (Å²) in [5.41, 5.74) is 5.04. The molecule has 2 aromatic rings. The number of benzene rings is 1. The standard InChI is InChI=1S/C16H20N2O/c1-11-7-5-6-8-15(11)18(4)10-16(19)14-9-12(2)17-13(14)3/h5-9,17H,10H2,1-4H3. The monoisotopic (exact) mass is 256 g/mol. The second kappa shape index (κ2) is 5.31. The molecule has 1 aromatic heterocycles. The van der Waals surface area contributed by atoms with Crippen molar-refractivity contribution in [2.45, 2.75) is 20.8 Å². The maximum absolute atomic E-state index is 12.3. The third-order valence-electron chi connectivity index (χ3n) is 3.36. The Morgan fingerprint density at radius 3 is 2.47 bits per heavy atom. The number of H-pyrrole nitrogens is 1. The van der Waals surface area contributed by atoms with Crippen molar-refractivity contribution >= 4 is 11.5 Å². The highest BCUT2D eigenvalue weighted by Crippen LogP contribution is 2.19. The molecule has 0 saturated heterocycles. The van der Waals surface area contributed by atoms with Crippen molar-refractivity contribution in [3.63, 3.8) is 0 Å². The van der Waals surface area contributed by atoms with Crippen LogP contribution in [0.1, 0.15) is 27.3 Å². The van der Waals surface area contributed by atoms with E-state index in [1.807, 2.05) is 50.1 Å². The first-order chi connectivity index (χ1) is 8.99. The molecule has 1 N–H and O–H groups in total. The number of rotatable bonds is 4. The van der Waals surface area contributed by atoms with Gasteiger partial charge < -0.3 is 9.88 Å². The van der Waals surface area contributed by atoms with E-state index in [0.29, 0.717) is 6.54 Å². The van der Waals surface area contributed by atoms with Gasteiger partial charge >= 0.3 is 0 Å². The summed E-state index contributed by atoms with van der Waals surface area (Å²) < 4.78 is 0. The van der Waals surface area contributed by atoms with Gasteiger partial charge in [-0.25, -0.2) is 0 Å². The minimum Gasteiger partial charge on any atom is -0.367 e. The molecule has 0 bridgehead atoms. The molecule has 0 unspecified atom stereocenters. The second-order valence-electron chi connectivity index (χ2n) is 5.06. The quantitative estimate of drug-likeness (QED) is 0.852. The molecule has 0 saturated carbocycles. The summed E-state index contributed by atoms with van der Waals surface area (Å²) >= 11 is 0. The summed E-state index contributed by atoms with van der Waals surface area (Å²) in [5.74, 6) is 0.146. The highest BCUT2D eigenvalue weighted by atomic mass is 16.1. The van der Waals surface area contributed by atoms with Gasteiger partial charge in [0.05, 0.1) is 6.54 Å². The molecule has 0 atom stereocenters. The van der Waals surface area contributed by atoms with Crippen LogP contribution in [-0.4, -0.2) is 24.4 Å². The second-order valence-corrected chi connectivity index (χ2v) is 5.06. The van der Waals surface area contributed by atoms with Crippen LogP contribution in [0.15, 0.2) is 30.3 Å². The fraction of sp³-hybridized carbons (Fsp3) is 0.312. The maximum atomic E-state index is 12.3. The van der Waals surface area contributed by atoms with Crippen molar-refractivity contribution in [3.8, 4) is 0 Å². The van der Waals surface area contributed by atoms with Crippen LogP contribution in [-0.2, 0) is 0 Å². The number of nitrogens with one attached hydrogen (secondary N) is 1. The Balaban J connectivity index is 2.15. The number of carbonyl (C=O) groups is 1. The van der Waals surface area contributed by atoms with Crippen molar-refractivity contribution in [1.82, 2.24) is 4.98 Å². The number of ketones is 1. The molecule has 1 heterocycles. The van der Waals surface area contributed by atoms with Crippen LogP contribution in [0.2, 0.25) is 0 Å². The summed E-state index contributed by atoms with van der Waals surface area (Å²) in [7, 11) is 1.95. The number of hydrogen-bond donors (Lipinski definition) is 1. The van der Waals surface area contributed by atoms with E-state index in [1.54, 1.807) is 0 Å². The summed E-state index contributed by atoms with van der Waals surface area (Å²) in [6, 6.07) is 10.0. The lowest BCUT2D eigenvalue weighted by atomic mass is 10.1. The fourth-order valence-corrected chi connectivity index (χ4v) is 2.39. The molecule has 0 radical (unpaired) electrons. The molecule has 3 nitrogen and oxygen atoms in total. The topological polar surface area (TPSA) is 36.1 Å². The third kappa shape index (κ3) is 2.87. The van der Waals surface area contributed by atoms with Gasteiger partial charge in [0, 0.05) is 29.7 Å². The van der Waals surface area contributed by atoms with Crippen molar-refractivity contribution in [3.05, 3.63) is 52.8 Å². The number of hydrogen-bond acceptors (Lipinski definition) is 2. The lowest BCUT2D eigenvalue weighted by Crippen LogP contribution is -2.26. The van der Waals surface area contributed by atoms with E-state index in [1.165, 1.54) is 5.56 Å². The summed E-state index contributed by atoms with van der Waals surface area (Å²) in [5, 5.41) is 0. The van der Waals surface area contributed by atoms with Gasteiger partial charge in [-0.15, -0.1) is 0 Å². The molecule has 0 aliphatic rings. The average molecular weight is 256 g/mol. The first-order valence-electron chi connectivity index (χ1n) is 6.45. The van der Waals surface area contributed by atoms with Gasteiger partial charge in [-0.2, -0.15) is 0 Å². The van der Waals surface area contributed by atoms with Gasteiger partial charge in [0.2, 0.25) is 0 Å². The molecule has 100 valence electrons. The van der Waals surface area contributed by atoms with Crippen LogP contribution in [0.25, 0.3) is 0 Å². The Morgan fingerprint density at radius 2 is 1.89 bits per heavy atom. The molecular weight excluding hydrogens is 236 g/mol. The molecule has 1 aromatic carbocycles. The molecule has 0 amide bonds. The first kappa shape index (κ1) is 13.4. The van der Waals surface area contributed by atoms with Crippen molar-refractivity contribution in [2.24, 2.45) is 0 Å². The van der Waals surface area contributed by atoms with Gasteiger partial charge in [0.1, 0.15) is 0 Å². The number of para-hydroxylation sites is 1. The average Bonchev–Trinajstić information content (AvgIpc) is 2.69. The number of likely N-dealkylation sites (N-methyl/N-ethyl adjacent to an activating group) is 1. The predicted octanol–water partition coefficient (Wildman–Crippen LogP) is 3.26.